The standard InChI is InChI=1S/C46H71N11O11S/c1-23(2)17-32(43(65)53-30(39(47)61)15-16-69-8)55-45(67)35(22-58)52-37(60)21-49-46(68)38(25(5)6)57-40(62)26(7)50-42(64)34(19-27-20-48-29-12-10-9-11-28(27)29)56-44(66)33(18-24(3)4)54-41(63)31-13-14-36(59)51-31/h9-12,20,23-26,30-35,38,48,58H,13-19,21-22H2,1-8H3,(H2,47,61)(H,49,68)(H,50,64)(H,51,59)(H,52,60)(H,53,65)(H,54,63)(H,55,67)(H,56,66)(H,57,62)/t26-,30-,31-,32-,33-,34-,35-,38-/m0/s1. The van der Waals surface area contributed by atoms with Crippen molar-refractivity contribution in [2.45, 2.75) is 135 Å². The topological polar surface area (TPSA) is 341 Å². The number of nitrogens with two attached hydrogens (primary N) is 1. The summed E-state index contributed by atoms with van der Waals surface area (Å²) in [5, 5.41) is 33.9. The van der Waals surface area contributed by atoms with Gasteiger partial charge in [-0.1, -0.05) is 59.7 Å². The number of hydrogen-bond acceptors (Lipinski definition) is 12. The Labute approximate surface area is 406 Å². The van der Waals surface area contributed by atoms with Crippen molar-refractivity contribution in [3.8, 4) is 0 Å². The zero-order valence-electron chi connectivity index (χ0n) is 40.6. The van der Waals surface area contributed by atoms with Gasteiger partial charge in [-0.3, -0.25) is 47.9 Å². The predicted octanol–water partition coefficient (Wildman–Crippen LogP) is -1.50. The summed E-state index contributed by atoms with van der Waals surface area (Å²) in [7, 11) is 0. The molecule has 69 heavy (non-hydrogen) atoms. The third-order valence-corrected chi connectivity index (χ3v) is 11.9. The molecule has 22 nitrogen and oxygen atoms in total. The minimum absolute atomic E-state index is 0.0153. The quantitative estimate of drug-likeness (QED) is 0.0464. The lowest BCUT2D eigenvalue weighted by molar-refractivity contribution is -0.135. The van der Waals surface area contributed by atoms with Gasteiger partial charge in [-0.25, -0.2) is 0 Å². The Hall–Kier alpha value is -6.23. The van der Waals surface area contributed by atoms with Crippen LogP contribution in [0.2, 0.25) is 0 Å². The second-order valence-corrected chi connectivity index (χ2v) is 19.4. The lowest BCUT2D eigenvalue weighted by Gasteiger charge is -2.27. The molecule has 1 aliphatic rings. The third-order valence-electron chi connectivity index (χ3n) is 11.3. The number of hydrogen-bond donors (Lipinski definition) is 12. The number of fused-ring (bicyclic) bond motifs is 1. The molecule has 1 aliphatic heterocycles. The van der Waals surface area contributed by atoms with Crippen molar-refractivity contribution in [3.63, 3.8) is 0 Å². The van der Waals surface area contributed by atoms with E-state index in [0.29, 0.717) is 11.3 Å². The zero-order chi connectivity index (χ0) is 51.5. The number of rotatable bonds is 28. The van der Waals surface area contributed by atoms with E-state index in [0.717, 1.165) is 10.9 Å². The third kappa shape index (κ3) is 18.3. The SMILES string of the molecule is CSCC[C@H](NC(=O)[C@H](CC(C)C)NC(=O)[C@H](CO)NC(=O)CNC(=O)[C@@H](NC(=O)[C@H](C)NC(=O)[C@H](Cc1c[nH]c2ccccc12)NC(=O)[C@H](CC(C)C)NC(=O)[C@@H]1CCC(=O)N1)C(C)C)C(N)=O. The summed E-state index contributed by atoms with van der Waals surface area (Å²) < 4.78 is 0. The van der Waals surface area contributed by atoms with E-state index >= 15 is 0 Å². The van der Waals surface area contributed by atoms with Crippen molar-refractivity contribution < 1.29 is 53.1 Å². The van der Waals surface area contributed by atoms with Gasteiger partial charge in [0.25, 0.3) is 0 Å². The first-order chi connectivity index (χ1) is 32.5. The van der Waals surface area contributed by atoms with Gasteiger partial charge in [0, 0.05) is 29.9 Å². The lowest BCUT2D eigenvalue weighted by atomic mass is 10.00. The van der Waals surface area contributed by atoms with Gasteiger partial charge in [-0.05, 0) is 74.0 Å². The summed E-state index contributed by atoms with van der Waals surface area (Å²) in [4.78, 5) is 134. The van der Waals surface area contributed by atoms with Crippen LogP contribution in [0.5, 0.6) is 0 Å². The number of aliphatic hydroxyl groups excluding tert-OH is 1. The Kier molecular flexibility index (Phi) is 22.9. The molecule has 0 radical (unpaired) electrons. The predicted molar refractivity (Wildman–Crippen MR) is 258 cm³/mol. The molecule has 0 spiro atoms. The second kappa shape index (κ2) is 27.7. The highest BCUT2D eigenvalue weighted by Gasteiger charge is 2.35. The van der Waals surface area contributed by atoms with Crippen LogP contribution in [0.4, 0.5) is 0 Å². The number of H-pyrrole nitrogens is 1. The van der Waals surface area contributed by atoms with E-state index in [4.69, 9.17) is 5.73 Å². The molecule has 1 fully saturated rings. The van der Waals surface area contributed by atoms with Crippen molar-refractivity contribution in [1.82, 2.24) is 52.8 Å². The molecular formula is C46H71N11O11S. The minimum Gasteiger partial charge on any atom is -0.394 e. The number of para-hydroxylation sites is 1. The molecule has 1 aromatic carbocycles. The Morgan fingerprint density at radius 3 is 1.87 bits per heavy atom. The number of thioether (sulfide) groups is 1. The molecular weight excluding hydrogens is 915 g/mol. The maximum atomic E-state index is 14.0. The molecule has 0 saturated carbocycles. The fourth-order valence-electron chi connectivity index (χ4n) is 7.47. The number of amides is 10. The maximum absolute atomic E-state index is 14.0. The first-order valence-corrected chi connectivity index (χ1v) is 24.6. The Morgan fingerprint density at radius 2 is 1.30 bits per heavy atom. The van der Waals surface area contributed by atoms with Crippen molar-refractivity contribution >= 4 is 81.7 Å². The number of aliphatic hydroxyl groups is 1. The molecule has 0 aliphatic carbocycles. The summed E-state index contributed by atoms with van der Waals surface area (Å²) in [5.74, 6) is -7.08. The van der Waals surface area contributed by atoms with Crippen LogP contribution >= 0.6 is 11.8 Å². The largest absolute Gasteiger partial charge is 0.394 e. The van der Waals surface area contributed by atoms with E-state index in [1.165, 1.54) is 18.7 Å². The van der Waals surface area contributed by atoms with Gasteiger partial charge in [-0.15, -0.1) is 0 Å². The number of aromatic amines is 1. The average molecular weight is 986 g/mol. The monoisotopic (exact) mass is 986 g/mol. The highest BCUT2D eigenvalue weighted by atomic mass is 32.2. The van der Waals surface area contributed by atoms with E-state index in [-0.39, 0.29) is 56.3 Å². The summed E-state index contributed by atoms with van der Waals surface area (Å²) in [5.41, 5.74) is 6.94. The molecule has 1 saturated heterocycles. The Balaban J connectivity index is 1.67. The van der Waals surface area contributed by atoms with Gasteiger partial charge in [0.2, 0.25) is 59.1 Å². The van der Waals surface area contributed by atoms with Gasteiger partial charge >= 0.3 is 0 Å². The van der Waals surface area contributed by atoms with E-state index in [9.17, 15) is 53.1 Å². The van der Waals surface area contributed by atoms with Crippen LogP contribution in [0, 0.1) is 17.8 Å². The number of nitrogens with one attached hydrogen (secondary N) is 10. The molecule has 23 heteroatoms. The van der Waals surface area contributed by atoms with Gasteiger partial charge < -0.3 is 63.7 Å². The van der Waals surface area contributed by atoms with Gasteiger partial charge in [0.1, 0.15) is 48.3 Å². The molecule has 3 rings (SSSR count). The molecule has 382 valence electrons. The summed E-state index contributed by atoms with van der Waals surface area (Å²) >= 11 is 1.46. The van der Waals surface area contributed by atoms with Crippen LogP contribution in [0.3, 0.4) is 0 Å². The fraction of sp³-hybridized carbons (Fsp3) is 0.609. The average Bonchev–Trinajstić information content (AvgIpc) is 3.92. The van der Waals surface area contributed by atoms with Crippen LogP contribution in [-0.2, 0) is 54.4 Å². The minimum atomic E-state index is -1.53. The second-order valence-electron chi connectivity index (χ2n) is 18.4. The highest BCUT2D eigenvalue weighted by Crippen LogP contribution is 2.20. The summed E-state index contributed by atoms with van der Waals surface area (Å²) in [6, 6.07) is -1.88. The first-order valence-electron chi connectivity index (χ1n) is 23.2. The van der Waals surface area contributed by atoms with E-state index in [1.54, 1.807) is 20.0 Å². The number of aromatic nitrogens is 1. The molecule has 2 heterocycles. The fourth-order valence-corrected chi connectivity index (χ4v) is 7.94. The van der Waals surface area contributed by atoms with Crippen LogP contribution in [0.25, 0.3) is 10.9 Å². The van der Waals surface area contributed by atoms with Crippen LogP contribution < -0.4 is 53.6 Å². The maximum Gasteiger partial charge on any atom is 0.245 e. The zero-order valence-corrected chi connectivity index (χ0v) is 41.4. The first kappa shape index (κ1) is 57.1. The number of carbonyl (C=O) groups is 10. The molecule has 8 atom stereocenters. The number of primary amides is 1. The molecule has 10 amide bonds. The molecule has 0 bridgehead atoms. The van der Waals surface area contributed by atoms with Crippen molar-refractivity contribution in [1.29, 1.82) is 0 Å². The van der Waals surface area contributed by atoms with Crippen molar-refractivity contribution in [3.05, 3.63) is 36.0 Å². The molecule has 1 aromatic heterocycles. The Bertz CT molecular complexity index is 2150. The summed E-state index contributed by atoms with van der Waals surface area (Å²) in [6.07, 6.45) is 4.62. The van der Waals surface area contributed by atoms with Crippen molar-refractivity contribution in [2.75, 3.05) is 25.2 Å². The van der Waals surface area contributed by atoms with Crippen molar-refractivity contribution in [2.24, 2.45) is 23.5 Å². The van der Waals surface area contributed by atoms with Crippen LogP contribution in [0.1, 0.15) is 86.1 Å². The number of carbonyl (C=O) groups excluding carboxylic acids is 10. The highest BCUT2D eigenvalue weighted by molar-refractivity contribution is 7.98. The summed E-state index contributed by atoms with van der Waals surface area (Å²) in [6.45, 7) is 10.5. The van der Waals surface area contributed by atoms with Crippen LogP contribution in [-0.4, -0.2) is 143 Å². The Morgan fingerprint density at radius 1 is 0.725 bits per heavy atom. The molecule has 2 aromatic rings. The molecule has 13 N–H and O–H groups in total. The van der Waals surface area contributed by atoms with Gasteiger partial charge in [0.15, 0.2) is 0 Å². The molecule has 0 unspecified atom stereocenters. The normalized spacial score (nSPS) is 16.5. The lowest BCUT2D eigenvalue weighted by Crippen LogP contribution is -2.59. The van der Waals surface area contributed by atoms with E-state index in [1.807, 2.05) is 58.2 Å². The smallest absolute Gasteiger partial charge is 0.245 e. The number of benzene rings is 1. The van der Waals surface area contributed by atoms with E-state index < -0.39 is 121 Å². The van der Waals surface area contributed by atoms with Gasteiger partial charge in [-0.2, -0.15) is 11.8 Å². The van der Waals surface area contributed by atoms with Gasteiger partial charge in [0.05, 0.1) is 13.2 Å². The van der Waals surface area contributed by atoms with Crippen LogP contribution in [0.15, 0.2) is 30.5 Å². The van der Waals surface area contributed by atoms with E-state index in [2.05, 4.69) is 52.8 Å².